The Balaban J connectivity index is 1.75. The van der Waals surface area contributed by atoms with Gasteiger partial charge in [0.1, 0.15) is 0 Å². The van der Waals surface area contributed by atoms with Crippen LogP contribution in [-0.2, 0) is 9.47 Å². The second kappa shape index (κ2) is 4.67. The number of hydrogen-bond acceptors (Lipinski definition) is 6. The highest BCUT2D eigenvalue weighted by molar-refractivity contribution is 7.15. The van der Waals surface area contributed by atoms with E-state index in [4.69, 9.17) is 9.47 Å². The SMILES string of the molecule is FC(F)c1nnc(N2CCCC3(C2)OCCO3)s1. The van der Waals surface area contributed by atoms with Gasteiger partial charge in [-0.05, 0) is 6.42 Å². The molecule has 0 N–H and O–H groups in total. The van der Waals surface area contributed by atoms with E-state index in [2.05, 4.69) is 10.2 Å². The number of rotatable bonds is 2. The topological polar surface area (TPSA) is 47.5 Å². The Morgan fingerprint density at radius 1 is 1.28 bits per heavy atom. The Bertz CT molecular complexity index is 423. The van der Waals surface area contributed by atoms with Crippen LogP contribution in [0.5, 0.6) is 0 Å². The Morgan fingerprint density at radius 2 is 2.06 bits per heavy atom. The van der Waals surface area contributed by atoms with Gasteiger partial charge in [0.15, 0.2) is 10.8 Å². The Hall–Kier alpha value is -0.860. The molecule has 18 heavy (non-hydrogen) atoms. The fraction of sp³-hybridized carbons (Fsp3) is 0.800. The fourth-order valence-corrected chi connectivity index (χ4v) is 3.05. The van der Waals surface area contributed by atoms with Gasteiger partial charge in [-0.3, -0.25) is 0 Å². The Kier molecular flexibility index (Phi) is 3.16. The lowest BCUT2D eigenvalue weighted by molar-refractivity contribution is -0.161. The molecule has 8 heteroatoms. The molecule has 0 aliphatic carbocycles. The fourth-order valence-electron chi connectivity index (χ4n) is 2.33. The summed E-state index contributed by atoms with van der Waals surface area (Å²) in [7, 11) is 0. The van der Waals surface area contributed by atoms with Crippen molar-refractivity contribution in [2.75, 3.05) is 31.2 Å². The molecule has 100 valence electrons. The van der Waals surface area contributed by atoms with Crippen LogP contribution in [0.25, 0.3) is 0 Å². The van der Waals surface area contributed by atoms with Gasteiger partial charge in [0.05, 0.1) is 19.8 Å². The van der Waals surface area contributed by atoms with E-state index in [0.717, 1.165) is 30.7 Å². The predicted molar refractivity (Wildman–Crippen MR) is 60.9 cm³/mol. The third-order valence-corrected chi connectivity index (χ3v) is 4.11. The molecular formula is C10H13F2N3O2S. The summed E-state index contributed by atoms with van der Waals surface area (Å²) in [6, 6.07) is 0. The molecule has 0 bridgehead atoms. The standard InChI is InChI=1S/C10H13F2N3O2S/c11-7(12)8-13-14-9(18-8)15-3-1-2-10(6-15)16-4-5-17-10/h7H,1-6H2. The molecule has 1 aromatic rings. The molecule has 0 radical (unpaired) electrons. The molecule has 0 amide bonds. The van der Waals surface area contributed by atoms with Crippen LogP contribution in [-0.4, -0.2) is 42.3 Å². The van der Waals surface area contributed by atoms with E-state index in [1.165, 1.54) is 0 Å². The van der Waals surface area contributed by atoms with E-state index in [1.54, 1.807) is 0 Å². The monoisotopic (exact) mass is 277 g/mol. The van der Waals surface area contributed by atoms with Crippen molar-refractivity contribution in [3.05, 3.63) is 5.01 Å². The van der Waals surface area contributed by atoms with Crippen LogP contribution in [0.3, 0.4) is 0 Å². The van der Waals surface area contributed by atoms with Crippen molar-refractivity contribution >= 4 is 16.5 Å². The molecule has 1 spiro atoms. The van der Waals surface area contributed by atoms with Crippen molar-refractivity contribution in [2.45, 2.75) is 25.1 Å². The molecule has 5 nitrogen and oxygen atoms in total. The molecule has 2 aliphatic heterocycles. The van der Waals surface area contributed by atoms with Gasteiger partial charge < -0.3 is 14.4 Å². The molecule has 2 fully saturated rings. The molecular weight excluding hydrogens is 264 g/mol. The Labute approximate surface area is 107 Å². The van der Waals surface area contributed by atoms with Crippen LogP contribution < -0.4 is 4.90 Å². The predicted octanol–water partition coefficient (Wildman–Crippen LogP) is 1.82. The lowest BCUT2D eigenvalue weighted by atomic mass is 10.1. The van der Waals surface area contributed by atoms with Gasteiger partial charge in [0, 0.05) is 13.0 Å². The average Bonchev–Trinajstić information content (AvgIpc) is 2.98. The van der Waals surface area contributed by atoms with E-state index in [1.807, 2.05) is 4.90 Å². The normalized spacial score (nSPS) is 23.2. The maximum atomic E-state index is 12.5. The zero-order valence-corrected chi connectivity index (χ0v) is 10.5. The highest BCUT2D eigenvalue weighted by atomic mass is 32.1. The maximum Gasteiger partial charge on any atom is 0.291 e. The van der Waals surface area contributed by atoms with Crippen molar-refractivity contribution in [1.29, 1.82) is 0 Å². The van der Waals surface area contributed by atoms with Crippen molar-refractivity contribution < 1.29 is 18.3 Å². The van der Waals surface area contributed by atoms with E-state index in [0.29, 0.717) is 24.9 Å². The van der Waals surface area contributed by atoms with Crippen LogP contribution in [0, 0.1) is 0 Å². The van der Waals surface area contributed by atoms with Crippen LogP contribution in [0.4, 0.5) is 13.9 Å². The average molecular weight is 277 g/mol. The number of halogens is 2. The van der Waals surface area contributed by atoms with E-state index >= 15 is 0 Å². The van der Waals surface area contributed by atoms with Crippen molar-refractivity contribution in [2.24, 2.45) is 0 Å². The number of hydrogen-bond donors (Lipinski definition) is 0. The molecule has 0 aromatic carbocycles. The molecule has 2 saturated heterocycles. The summed E-state index contributed by atoms with van der Waals surface area (Å²) in [5, 5.41) is 7.60. The summed E-state index contributed by atoms with van der Waals surface area (Å²) < 4.78 is 36.2. The van der Waals surface area contributed by atoms with Crippen LogP contribution in [0.15, 0.2) is 0 Å². The third-order valence-electron chi connectivity index (χ3n) is 3.12. The van der Waals surface area contributed by atoms with Gasteiger partial charge in [-0.2, -0.15) is 0 Å². The van der Waals surface area contributed by atoms with E-state index in [-0.39, 0.29) is 5.01 Å². The van der Waals surface area contributed by atoms with Gasteiger partial charge >= 0.3 is 0 Å². The largest absolute Gasteiger partial charge is 0.346 e. The molecule has 0 unspecified atom stereocenters. The van der Waals surface area contributed by atoms with Crippen molar-refractivity contribution in [1.82, 2.24) is 10.2 Å². The minimum absolute atomic E-state index is 0.238. The minimum atomic E-state index is -2.56. The summed E-state index contributed by atoms with van der Waals surface area (Å²) in [4.78, 5) is 1.92. The summed E-state index contributed by atoms with van der Waals surface area (Å²) in [6.07, 6.45) is -0.831. The first-order chi connectivity index (χ1) is 8.69. The lowest BCUT2D eigenvalue weighted by Gasteiger charge is -2.38. The van der Waals surface area contributed by atoms with Crippen molar-refractivity contribution in [3.63, 3.8) is 0 Å². The quantitative estimate of drug-likeness (QED) is 0.825. The Morgan fingerprint density at radius 3 is 2.72 bits per heavy atom. The molecule has 2 aliphatic rings. The number of aromatic nitrogens is 2. The first kappa shape index (κ1) is 12.2. The maximum absolute atomic E-state index is 12.5. The van der Waals surface area contributed by atoms with Gasteiger partial charge in [-0.25, -0.2) is 8.78 Å². The van der Waals surface area contributed by atoms with Gasteiger partial charge in [0.2, 0.25) is 5.13 Å². The van der Waals surface area contributed by atoms with Gasteiger partial charge in [-0.1, -0.05) is 11.3 Å². The zero-order chi connectivity index (χ0) is 12.6. The van der Waals surface area contributed by atoms with Crippen LogP contribution in [0.1, 0.15) is 24.3 Å². The lowest BCUT2D eigenvalue weighted by Crippen LogP contribution is -2.49. The molecule has 3 rings (SSSR count). The summed E-state index contributed by atoms with van der Waals surface area (Å²) in [5.74, 6) is -0.574. The van der Waals surface area contributed by atoms with Crippen LogP contribution >= 0.6 is 11.3 Å². The second-order valence-corrected chi connectivity index (χ2v) is 5.34. The number of ether oxygens (including phenoxy) is 2. The van der Waals surface area contributed by atoms with E-state index in [9.17, 15) is 8.78 Å². The van der Waals surface area contributed by atoms with Gasteiger partial charge in [-0.15, -0.1) is 10.2 Å². The number of anilines is 1. The summed E-state index contributed by atoms with van der Waals surface area (Å²) in [5.41, 5.74) is 0. The summed E-state index contributed by atoms with van der Waals surface area (Å²) >= 11 is 0.932. The molecule has 3 heterocycles. The third kappa shape index (κ3) is 2.19. The zero-order valence-electron chi connectivity index (χ0n) is 9.64. The second-order valence-electron chi connectivity index (χ2n) is 4.36. The highest BCUT2D eigenvalue weighted by Gasteiger charge is 2.41. The molecule has 1 aromatic heterocycles. The highest BCUT2D eigenvalue weighted by Crippen LogP contribution is 2.35. The van der Waals surface area contributed by atoms with Crippen molar-refractivity contribution in [3.8, 4) is 0 Å². The minimum Gasteiger partial charge on any atom is -0.346 e. The molecule has 0 saturated carbocycles. The first-order valence-electron chi connectivity index (χ1n) is 5.83. The first-order valence-corrected chi connectivity index (χ1v) is 6.65. The molecule has 0 atom stereocenters. The smallest absolute Gasteiger partial charge is 0.291 e. The number of piperidine rings is 1. The number of nitrogens with zero attached hydrogens (tertiary/aromatic N) is 3. The summed E-state index contributed by atoms with van der Waals surface area (Å²) in [6.45, 7) is 2.48. The van der Waals surface area contributed by atoms with Gasteiger partial charge in [0.25, 0.3) is 6.43 Å². The van der Waals surface area contributed by atoms with E-state index < -0.39 is 12.2 Å². The number of alkyl halides is 2. The van der Waals surface area contributed by atoms with Crippen LogP contribution in [0.2, 0.25) is 0 Å².